The summed E-state index contributed by atoms with van der Waals surface area (Å²) in [4.78, 5) is 55.0. The van der Waals surface area contributed by atoms with Crippen molar-refractivity contribution in [2.24, 2.45) is 0 Å². The minimum atomic E-state index is -0.137. The van der Waals surface area contributed by atoms with Gasteiger partial charge in [0.05, 0.1) is 10.4 Å². The quantitative estimate of drug-likeness (QED) is 0.0426. The molecule has 0 unspecified atom stereocenters. The molecular formula is C46H62N6O4+2. The smallest absolute Gasteiger partial charge is 0.249 e. The molecular weight excluding hydrogens is 701 g/mol. The van der Waals surface area contributed by atoms with Gasteiger partial charge in [0.1, 0.15) is 26.2 Å². The largest absolute Gasteiger partial charge is 0.284 e. The van der Waals surface area contributed by atoms with Gasteiger partial charge in [0.15, 0.2) is 0 Å². The summed E-state index contributed by atoms with van der Waals surface area (Å²) >= 11 is 0. The molecule has 0 bridgehead atoms. The van der Waals surface area contributed by atoms with Gasteiger partial charge in [-0.3, -0.25) is 19.2 Å². The monoisotopic (exact) mass is 762 g/mol. The van der Waals surface area contributed by atoms with Gasteiger partial charge in [-0.2, -0.15) is 0 Å². The Hall–Kier alpha value is -4.60. The van der Waals surface area contributed by atoms with E-state index in [-0.39, 0.29) is 23.1 Å². The van der Waals surface area contributed by atoms with Crippen LogP contribution < -0.4 is 9.36 Å². The highest BCUT2D eigenvalue weighted by molar-refractivity contribution is 6.27. The van der Waals surface area contributed by atoms with Crippen LogP contribution >= 0.6 is 0 Å². The van der Waals surface area contributed by atoms with Crippen LogP contribution in [0.5, 0.6) is 0 Å². The zero-order chi connectivity index (χ0) is 39.3. The Bertz CT molecular complexity index is 1850. The first-order chi connectivity index (χ1) is 27.5. The Balaban J connectivity index is 1.07. The molecule has 0 spiro atoms. The van der Waals surface area contributed by atoms with E-state index >= 15 is 0 Å². The second-order valence-electron chi connectivity index (χ2n) is 15.8. The van der Waals surface area contributed by atoms with E-state index in [9.17, 15) is 19.2 Å². The molecule has 10 heteroatoms. The van der Waals surface area contributed by atoms with Gasteiger partial charge in [-0.05, 0) is 51.4 Å². The van der Waals surface area contributed by atoms with E-state index in [1.54, 1.807) is 55.1 Å². The van der Waals surface area contributed by atoms with Crippen molar-refractivity contribution in [1.29, 1.82) is 0 Å². The van der Waals surface area contributed by atoms with Crippen molar-refractivity contribution in [3.8, 4) is 0 Å². The molecule has 0 atom stereocenters. The minimum absolute atomic E-state index is 0.126. The lowest BCUT2D eigenvalue weighted by Gasteiger charge is -2.11. The molecule has 2 aromatic heterocycles. The number of ketones is 4. The lowest BCUT2D eigenvalue weighted by Crippen LogP contribution is -2.43. The third kappa shape index (κ3) is 9.49. The second kappa shape index (κ2) is 20.5. The van der Waals surface area contributed by atoms with Gasteiger partial charge in [0, 0.05) is 22.3 Å². The summed E-state index contributed by atoms with van der Waals surface area (Å²) in [5.74, 6) is -0.526. The van der Waals surface area contributed by atoms with Gasteiger partial charge in [0.25, 0.3) is 0 Å². The Morgan fingerprint density at radius 1 is 0.411 bits per heavy atom. The van der Waals surface area contributed by atoms with Gasteiger partial charge in [-0.1, -0.05) is 139 Å². The van der Waals surface area contributed by atoms with Crippen molar-refractivity contribution in [2.75, 3.05) is 0 Å². The van der Waals surface area contributed by atoms with Crippen molar-refractivity contribution < 1.29 is 28.5 Å². The van der Waals surface area contributed by atoms with Gasteiger partial charge < -0.3 is 0 Å². The van der Waals surface area contributed by atoms with Crippen molar-refractivity contribution >= 4 is 23.1 Å². The second-order valence-corrected chi connectivity index (χ2v) is 15.8. The highest BCUT2D eigenvalue weighted by Crippen LogP contribution is 2.27. The fourth-order valence-electron chi connectivity index (χ4n) is 8.39. The van der Waals surface area contributed by atoms with Gasteiger partial charge in [0.2, 0.25) is 45.9 Å². The molecule has 0 N–H and O–H groups in total. The molecule has 2 heterocycles. The van der Waals surface area contributed by atoms with Crippen LogP contribution in [0.1, 0.15) is 206 Å². The SMILES string of the molecule is CCCCCCCCCC[n+]1nn(CCCCCCn2n[n+](CCCCCCCCCC)c3c2C(=O)c2ccccc2C3=O)c2c1C(=O)c1ccccc1C2=O. The number of fused-ring (bicyclic) bond motifs is 4. The molecule has 2 aromatic carbocycles. The predicted octanol–water partition coefficient (Wildman–Crippen LogP) is 8.75. The van der Waals surface area contributed by atoms with Crippen molar-refractivity contribution in [1.82, 2.24) is 19.8 Å². The Morgan fingerprint density at radius 3 is 1.07 bits per heavy atom. The average Bonchev–Trinajstić information content (AvgIpc) is 3.78. The molecule has 2 aliphatic rings. The zero-order valence-corrected chi connectivity index (χ0v) is 33.9. The number of unbranched alkanes of at least 4 members (excludes halogenated alkanes) is 17. The maximum absolute atomic E-state index is 13.8. The normalized spacial score (nSPS) is 13.2. The van der Waals surface area contributed by atoms with Crippen LogP contribution in [0.4, 0.5) is 0 Å². The van der Waals surface area contributed by atoms with E-state index in [1.165, 1.54) is 77.0 Å². The number of nitrogens with zero attached hydrogens (tertiary/aromatic N) is 6. The van der Waals surface area contributed by atoms with Crippen LogP contribution in [0.15, 0.2) is 48.5 Å². The van der Waals surface area contributed by atoms with E-state index in [4.69, 9.17) is 10.4 Å². The number of benzene rings is 2. The summed E-state index contributed by atoms with van der Waals surface area (Å²) in [7, 11) is 0. The van der Waals surface area contributed by atoms with Gasteiger partial charge in [-0.25, -0.2) is 0 Å². The number of aromatic nitrogens is 6. The summed E-state index contributed by atoms with van der Waals surface area (Å²) in [6, 6.07) is 14.2. The number of aryl methyl sites for hydroxylation is 4. The molecule has 0 aliphatic heterocycles. The van der Waals surface area contributed by atoms with Crippen molar-refractivity contribution in [3.05, 3.63) is 93.6 Å². The highest BCUT2D eigenvalue weighted by atomic mass is 16.2. The first-order valence-electron chi connectivity index (χ1n) is 21.8. The number of carbonyl (C=O) groups excluding carboxylic acids is 4. The number of carbonyl (C=O) groups is 4. The predicted molar refractivity (Wildman–Crippen MR) is 215 cm³/mol. The Kier molecular flexibility index (Phi) is 15.0. The molecule has 0 saturated carbocycles. The molecule has 0 amide bonds. The first-order valence-corrected chi connectivity index (χ1v) is 21.8. The van der Waals surface area contributed by atoms with E-state index in [0.717, 1.165) is 51.4 Å². The summed E-state index contributed by atoms with van der Waals surface area (Å²) < 4.78 is 7.08. The first kappa shape index (κ1) is 41.0. The molecule has 298 valence electrons. The maximum Gasteiger partial charge on any atom is 0.249 e. The summed E-state index contributed by atoms with van der Waals surface area (Å²) in [5.41, 5.74) is 3.45. The van der Waals surface area contributed by atoms with Crippen LogP contribution in [0.2, 0.25) is 0 Å². The van der Waals surface area contributed by atoms with Crippen LogP contribution in [0.3, 0.4) is 0 Å². The van der Waals surface area contributed by atoms with E-state index < -0.39 is 0 Å². The number of hydrogen-bond donors (Lipinski definition) is 0. The highest BCUT2D eigenvalue weighted by Gasteiger charge is 2.43. The molecule has 0 radical (unpaired) electrons. The van der Waals surface area contributed by atoms with Crippen LogP contribution in [-0.2, 0) is 26.2 Å². The fourth-order valence-corrected chi connectivity index (χ4v) is 8.39. The Morgan fingerprint density at radius 2 is 0.714 bits per heavy atom. The van der Waals surface area contributed by atoms with Crippen LogP contribution in [0, 0.1) is 0 Å². The zero-order valence-electron chi connectivity index (χ0n) is 33.9. The number of hydrogen-bond acceptors (Lipinski definition) is 6. The minimum Gasteiger partial charge on any atom is -0.284 e. The number of rotatable bonds is 25. The molecule has 2 aliphatic carbocycles. The topological polar surface area (TPSA) is 112 Å². The van der Waals surface area contributed by atoms with Gasteiger partial charge in [-0.15, -0.1) is 18.7 Å². The summed E-state index contributed by atoms with van der Waals surface area (Å²) in [5, 5.41) is 9.68. The third-order valence-electron chi connectivity index (χ3n) is 11.5. The van der Waals surface area contributed by atoms with Crippen molar-refractivity contribution in [2.45, 2.75) is 168 Å². The van der Waals surface area contributed by atoms with E-state index in [2.05, 4.69) is 13.8 Å². The average molecular weight is 763 g/mol. The van der Waals surface area contributed by atoms with Crippen LogP contribution in [-0.4, -0.2) is 42.9 Å². The van der Waals surface area contributed by atoms with Gasteiger partial charge >= 0.3 is 0 Å². The van der Waals surface area contributed by atoms with Crippen LogP contribution in [0.25, 0.3) is 0 Å². The van der Waals surface area contributed by atoms with E-state index in [0.29, 0.717) is 71.2 Å². The summed E-state index contributed by atoms with van der Waals surface area (Å²) in [6.45, 7) is 6.77. The lowest BCUT2D eigenvalue weighted by atomic mass is 9.89. The Labute approximate surface area is 332 Å². The summed E-state index contributed by atoms with van der Waals surface area (Å²) in [6.07, 6.45) is 22.3. The standard InChI is InChI=1S/C46H62N6O4/c1-3-5-7-9-11-13-15-23-31-49-39-41(45(55)37-29-21-19-27-35(37)43(39)53)51(47-49)33-25-17-18-26-34-52-42-40(44(54)36-28-20-22-30-38(36)46(42)56)50(48-52)32-24-16-14-12-10-8-6-4-2/h19-22,27-30H,3-18,23-26,31-34H2,1-2H3/q+2. The maximum atomic E-state index is 13.8. The van der Waals surface area contributed by atoms with E-state index in [1.807, 2.05) is 12.1 Å². The molecule has 0 saturated heterocycles. The fraction of sp³-hybridized carbons (Fsp3) is 0.565. The lowest BCUT2D eigenvalue weighted by molar-refractivity contribution is -0.757. The molecule has 0 fully saturated rings. The third-order valence-corrected chi connectivity index (χ3v) is 11.5. The van der Waals surface area contributed by atoms with Crippen molar-refractivity contribution in [3.63, 3.8) is 0 Å². The molecule has 4 aromatic rings. The molecule has 6 rings (SSSR count). The molecule has 56 heavy (non-hydrogen) atoms. The molecule has 10 nitrogen and oxygen atoms in total.